The summed E-state index contributed by atoms with van der Waals surface area (Å²) >= 11 is 0. The van der Waals surface area contributed by atoms with Gasteiger partial charge < -0.3 is 9.47 Å². The molecule has 18 heavy (non-hydrogen) atoms. The summed E-state index contributed by atoms with van der Waals surface area (Å²) in [5.41, 5.74) is 2.38. The Morgan fingerprint density at radius 3 is 1.83 bits per heavy atom. The Morgan fingerprint density at radius 2 is 1.39 bits per heavy atom. The number of unbranched alkanes of at least 4 members (excludes halogenated alkanes) is 2. The van der Waals surface area contributed by atoms with Gasteiger partial charge in [-0.25, -0.2) is 0 Å². The van der Waals surface area contributed by atoms with Crippen LogP contribution >= 0.6 is 0 Å². The summed E-state index contributed by atoms with van der Waals surface area (Å²) in [4.78, 5) is 0. The molecule has 0 saturated heterocycles. The van der Waals surface area contributed by atoms with Crippen molar-refractivity contribution in [1.82, 2.24) is 0 Å². The Kier molecular flexibility index (Phi) is 7.70. The molecule has 0 aliphatic heterocycles. The van der Waals surface area contributed by atoms with E-state index < -0.39 is 0 Å². The summed E-state index contributed by atoms with van der Waals surface area (Å²) < 4.78 is 11.7. The van der Waals surface area contributed by atoms with Gasteiger partial charge in [0.2, 0.25) is 0 Å². The van der Waals surface area contributed by atoms with E-state index in [-0.39, 0.29) is 6.29 Å². The van der Waals surface area contributed by atoms with Crippen LogP contribution in [-0.4, -0.2) is 13.2 Å². The van der Waals surface area contributed by atoms with Crippen molar-refractivity contribution in [2.24, 2.45) is 0 Å². The maximum atomic E-state index is 5.83. The Bertz CT molecular complexity index is 295. The molecular formula is C16H26O2. The fourth-order valence-electron chi connectivity index (χ4n) is 1.63. The summed E-state index contributed by atoms with van der Waals surface area (Å²) in [5, 5.41) is 0. The SMILES string of the molecule is CCCCOC(OCCCC)c1ccc(C)cc1. The van der Waals surface area contributed by atoms with Gasteiger partial charge in [0.15, 0.2) is 6.29 Å². The lowest BCUT2D eigenvalue weighted by Gasteiger charge is -2.19. The summed E-state index contributed by atoms with van der Waals surface area (Å²) in [5.74, 6) is 0. The minimum absolute atomic E-state index is 0.205. The highest BCUT2D eigenvalue weighted by Gasteiger charge is 2.11. The first kappa shape index (κ1) is 15.2. The van der Waals surface area contributed by atoms with Crippen molar-refractivity contribution in [3.05, 3.63) is 35.4 Å². The minimum atomic E-state index is -0.205. The Morgan fingerprint density at radius 1 is 0.889 bits per heavy atom. The number of ether oxygens (including phenoxy) is 2. The van der Waals surface area contributed by atoms with Gasteiger partial charge in [0.05, 0.1) is 13.2 Å². The molecule has 0 aliphatic carbocycles. The second kappa shape index (κ2) is 9.12. The van der Waals surface area contributed by atoms with Gasteiger partial charge in [0.25, 0.3) is 0 Å². The van der Waals surface area contributed by atoms with Gasteiger partial charge in [0.1, 0.15) is 0 Å². The van der Waals surface area contributed by atoms with Crippen LogP contribution in [0.15, 0.2) is 24.3 Å². The van der Waals surface area contributed by atoms with Crippen LogP contribution in [-0.2, 0) is 9.47 Å². The van der Waals surface area contributed by atoms with E-state index in [1.807, 2.05) is 0 Å². The van der Waals surface area contributed by atoms with Crippen LogP contribution in [0.5, 0.6) is 0 Å². The van der Waals surface area contributed by atoms with Crippen molar-refractivity contribution in [3.63, 3.8) is 0 Å². The zero-order chi connectivity index (χ0) is 13.2. The van der Waals surface area contributed by atoms with Gasteiger partial charge in [-0.05, 0) is 19.8 Å². The van der Waals surface area contributed by atoms with Crippen LogP contribution in [0.1, 0.15) is 56.9 Å². The maximum Gasteiger partial charge on any atom is 0.183 e. The summed E-state index contributed by atoms with van der Waals surface area (Å²) in [6.07, 6.45) is 4.26. The van der Waals surface area contributed by atoms with Gasteiger partial charge in [0, 0.05) is 5.56 Å². The van der Waals surface area contributed by atoms with Crippen LogP contribution in [0.2, 0.25) is 0 Å². The minimum Gasteiger partial charge on any atom is -0.348 e. The molecule has 0 bridgehead atoms. The van der Waals surface area contributed by atoms with Crippen molar-refractivity contribution in [3.8, 4) is 0 Å². The van der Waals surface area contributed by atoms with E-state index in [2.05, 4.69) is 45.0 Å². The lowest BCUT2D eigenvalue weighted by molar-refractivity contribution is -0.148. The second-order valence-corrected chi connectivity index (χ2v) is 4.69. The van der Waals surface area contributed by atoms with Gasteiger partial charge in [-0.1, -0.05) is 56.5 Å². The van der Waals surface area contributed by atoms with E-state index in [0.717, 1.165) is 44.5 Å². The molecule has 1 aromatic carbocycles. The molecule has 0 unspecified atom stereocenters. The normalized spacial score (nSPS) is 11.1. The summed E-state index contributed by atoms with van der Waals surface area (Å²) in [6, 6.07) is 8.40. The summed E-state index contributed by atoms with van der Waals surface area (Å²) in [7, 11) is 0. The largest absolute Gasteiger partial charge is 0.348 e. The highest BCUT2D eigenvalue weighted by atomic mass is 16.7. The van der Waals surface area contributed by atoms with Crippen molar-refractivity contribution in [1.29, 1.82) is 0 Å². The molecule has 0 saturated carbocycles. The van der Waals surface area contributed by atoms with E-state index in [4.69, 9.17) is 9.47 Å². The van der Waals surface area contributed by atoms with Gasteiger partial charge >= 0.3 is 0 Å². The number of benzene rings is 1. The maximum absolute atomic E-state index is 5.83. The molecule has 2 nitrogen and oxygen atoms in total. The van der Waals surface area contributed by atoms with Gasteiger partial charge in [-0.15, -0.1) is 0 Å². The molecule has 0 amide bonds. The highest BCUT2D eigenvalue weighted by Crippen LogP contribution is 2.20. The quantitative estimate of drug-likeness (QED) is 0.470. The third-order valence-electron chi connectivity index (χ3n) is 2.88. The molecule has 0 radical (unpaired) electrons. The standard InChI is InChI=1S/C16H26O2/c1-4-6-12-17-16(18-13-7-5-2)15-10-8-14(3)9-11-15/h8-11,16H,4-7,12-13H2,1-3H3. The van der Waals surface area contributed by atoms with Crippen molar-refractivity contribution < 1.29 is 9.47 Å². The predicted octanol–water partition coefficient (Wildman–Crippen LogP) is 4.63. The lowest BCUT2D eigenvalue weighted by Crippen LogP contribution is -2.11. The molecule has 0 fully saturated rings. The van der Waals surface area contributed by atoms with Crippen LogP contribution in [0.4, 0.5) is 0 Å². The first-order valence-corrected chi connectivity index (χ1v) is 7.07. The second-order valence-electron chi connectivity index (χ2n) is 4.69. The van der Waals surface area contributed by atoms with E-state index in [0.29, 0.717) is 0 Å². The predicted molar refractivity (Wildman–Crippen MR) is 75.6 cm³/mol. The molecule has 0 heterocycles. The van der Waals surface area contributed by atoms with E-state index >= 15 is 0 Å². The number of hydrogen-bond acceptors (Lipinski definition) is 2. The smallest absolute Gasteiger partial charge is 0.183 e. The molecule has 0 aromatic heterocycles. The molecule has 0 N–H and O–H groups in total. The summed E-state index contributed by atoms with van der Waals surface area (Å²) in [6.45, 7) is 7.96. The molecular weight excluding hydrogens is 224 g/mol. The molecule has 2 heteroatoms. The Balaban J connectivity index is 2.54. The van der Waals surface area contributed by atoms with E-state index in [1.165, 1.54) is 5.56 Å². The average molecular weight is 250 g/mol. The number of hydrogen-bond donors (Lipinski definition) is 0. The zero-order valence-corrected chi connectivity index (χ0v) is 11.9. The molecule has 102 valence electrons. The Hall–Kier alpha value is -0.860. The number of rotatable bonds is 9. The molecule has 1 aromatic rings. The first-order valence-electron chi connectivity index (χ1n) is 7.07. The van der Waals surface area contributed by atoms with E-state index in [9.17, 15) is 0 Å². The highest BCUT2D eigenvalue weighted by molar-refractivity contribution is 5.22. The van der Waals surface area contributed by atoms with Crippen LogP contribution in [0.25, 0.3) is 0 Å². The fraction of sp³-hybridized carbons (Fsp3) is 0.625. The average Bonchev–Trinajstić information content (AvgIpc) is 2.38. The monoisotopic (exact) mass is 250 g/mol. The topological polar surface area (TPSA) is 18.5 Å². The van der Waals surface area contributed by atoms with Gasteiger partial charge in [-0.2, -0.15) is 0 Å². The van der Waals surface area contributed by atoms with Crippen LogP contribution in [0.3, 0.4) is 0 Å². The zero-order valence-electron chi connectivity index (χ0n) is 11.9. The van der Waals surface area contributed by atoms with Gasteiger partial charge in [-0.3, -0.25) is 0 Å². The van der Waals surface area contributed by atoms with Crippen molar-refractivity contribution in [2.45, 2.75) is 52.7 Å². The third-order valence-corrected chi connectivity index (χ3v) is 2.88. The molecule has 0 atom stereocenters. The Labute approximate surface area is 111 Å². The van der Waals surface area contributed by atoms with E-state index in [1.54, 1.807) is 0 Å². The molecule has 0 spiro atoms. The third kappa shape index (κ3) is 5.65. The first-order chi connectivity index (χ1) is 8.77. The van der Waals surface area contributed by atoms with Crippen LogP contribution < -0.4 is 0 Å². The number of aryl methyl sites for hydroxylation is 1. The fourth-order valence-corrected chi connectivity index (χ4v) is 1.63. The lowest BCUT2D eigenvalue weighted by atomic mass is 10.1. The van der Waals surface area contributed by atoms with Crippen molar-refractivity contribution in [2.75, 3.05) is 13.2 Å². The molecule has 0 aliphatic rings. The van der Waals surface area contributed by atoms with Crippen molar-refractivity contribution >= 4 is 0 Å². The van der Waals surface area contributed by atoms with Crippen LogP contribution in [0, 0.1) is 6.92 Å². The molecule has 1 rings (SSSR count).